The molecule has 8 nitrogen and oxygen atoms in total. The highest BCUT2D eigenvalue weighted by molar-refractivity contribution is 6.10. The van der Waals surface area contributed by atoms with Crippen LogP contribution in [0.15, 0.2) is 52.3 Å². The minimum Gasteiger partial charge on any atom is -0.497 e. The maximum atomic E-state index is 13.0. The molecule has 1 aliphatic rings. The van der Waals surface area contributed by atoms with Crippen molar-refractivity contribution in [2.75, 3.05) is 41.8 Å². The molecule has 0 spiro atoms. The van der Waals surface area contributed by atoms with Gasteiger partial charge < -0.3 is 30.8 Å². The lowest BCUT2D eigenvalue weighted by molar-refractivity contribution is -0.117. The number of nitrogens with two attached hydrogens (primary N) is 1. The van der Waals surface area contributed by atoms with Gasteiger partial charge in [-0.05, 0) is 76.2 Å². The number of aldehydes is 1. The van der Waals surface area contributed by atoms with Crippen LogP contribution >= 0.6 is 0 Å². The molecule has 1 amide bonds. The van der Waals surface area contributed by atoms with E-state index in [1.54, 1.807) is 13.3 Å². The van der Waals surface area contributed by atoms with Crippen LogP contribution in [-0.4, -0.2) is 65.2 Å². The number of amides is 1. The largest absolute Gasteiger partial charge is 0.497 e. The van der Waals surface area contributed by atoms with E-state index in [9.17, 15) is 9.59 Å². The number of carbonyl (C=O) groups is 2. The Morgan fingerprint density at radius 2 is 1.94 bits per heavy atom. The van der Waals surface area contributed by atoms with E-state index >= 15 is 0 Å². The number of benzene rings is 1. The van der Waals surface area contributed by atoms with Crippen molar-refractivity contribution >= 4 is 24.0 Å². The van der Waals surface area contributed by atoms with Gasteiger partial charge in [-0.2, -0.15) is 0 Å². The molecule has 1 aromatic carbocycles. The van der Waals surface area contributed by atoms with Crippen LogP contribution in [0, 0.1) is 0 Å². The summed E-state index contributed by atoms with van der Waals surface area (Å²) in [5.41, 5.74) is 11.0. The lowest BCUT2D eigenvalue weighted by Crippen LogP contribution is -2.29. The number of nitrogens with zero attached hydrogens (tertiary/aromatic N) is 2. The first-order chi connectivity index (χ1) is 16.2. The Hall–Kier alpha value is -3.39. The van der Waals surface area contributed by atoms with Crippen LogP contribution in [0.4, 0.5) is 0 Å². The molecule has 1 unspecified atom stereocenters. The highest BCUT2D eigenvalue weighted by atomic mass is 16.5. The zero-order valence-electron chi connectivity index (χ0n) is 21.4. The third kappa shape index (κ3) is 8.51. The summed E-state index contributed by atoms with van der Waals surface area (Å²) >= 11 is 0. The third-order valence-corrected chi connectivity index (χ3v) is 5.28. The molecule has 1 aliphatic carbocycles. The maximum Gasteiger partial charge on any atom is 0.251 e. The molecule has 2 rings (SSSR count). The molecule has 34 heavy (non-hydrogen) atoms. The minimum atomic E-state index is -0.259. The Morgan fingerprint density at radius 1 is 1.26 bits per heavy atom. The van der Waals surface area contributed by atoms with Crippen molar-refractivity contribution in [3.63, 3.8) is 0 Å². The Bertz CT molecular complexity index is 961. The second-order valence-electron chi connectivity index (χ2n) is 8.20. The molecule has 186 valence electrons. The van der Waals surface area contributed by atoms with Gasteiger partial charge in [0.05, 0.1) is 19.7 Å². The number of methoxy groups -OCH3 is 1. The SMILES string of the molecule is CNC.COc1cc(/C(C=NCC=O)=C/N)cc(C(C)NC(=O)C2=C(C)CCC(N(C)C)=C2)c1. The predicted molar refractivity (Wildman–Crippen MR) is 140 cm³/mol. The van der Waals surface area contributed by atoms with E-state index in [0.29, 0.717) is 16.9 Å². The topological polar surface area (TPSA) is 109 Å². The molecule has 1 aromatic rings. The fraction of sp³-hybridized carbons (Fsp3) is 0.423. The number of nitrogens with one attached hydrogen (secondary N) is 2. The van der Waals surface area contributed by atoms with Crippen LogP contribution < -0.4 is 21.1 Å². The van der Waals surface area contributed by atoms with Crippen molar-refractivity contribution in [3.05, 3.63) is 58.4 Å². The molecule has 0 saturated carbocycles. The van der Waals surface area contributed by atoms with Crippen molar-refractivity contribution in [1.82, 2.24) is 15.5 Å². The van der Waals surface area contributed by atoms with Crippen LogP contribution in [0.5, 0.6) is 5.75 Å². The first kappa shape index (κ1) is 28.6. The second-order valence-corrected chi connectivity index (χ2v) is 8.20. The zero-order chi connectivity index (χ0) is 25.7. The van der Waals surface area contributed by atoms with Gasteiger partial charge in [0.2, 0.25) is 0 Å². The summed E-state index contributed by atoms with van der Waals surface area (Å²) in [6.45, 7) is 4.00. The van der Waals surface area contributed by atoms with Crippen molar-refractivity contribution in [2.24, 2.45) is 10.7 Å². The van der Waals surface area contributed by atoms with Crippen LogP contribution in [0.25, 0.3) is 5.57 Å². The summed E-state index contributed by atoms with van der Waals surface area (Å²) in [5.74, 6) is 0.537. The number of hydrogen-bond acceptors (Lipinski definition) is 7. The summed E-state index contributed by atoms with van der Waals surface area (Å²) in [6.07, 6.45) is 7.48. The molecule has 1 atom stereocenters. The molecular weight excluding hydrogens is 430 g/mol. The molecule has 0 fully saturated rings. The molecule has 0 aromatic heterocycles. The van der Waals surface area contributed by atoms with E-state index in [-0.39, 0.29) is 18.5 Å². The fourth-order valence-corrected chi connectivity index (χ4v) is 3.35. The average Bonchev–Trinajstić information content (AvgIpc) is 2.82. The van der Waals surface area contributed by atoms with Gasteiger partial charge in [-0.1, -0.05) is 5.57 Å². The number of rotatable bonds is 9. The van der Waals surface area contributed by atoms with Crippen LogP contribution in [-0.2, 0) is 9.59 Å². The summed E-state index contributed by atoms with van der Waals surface area (Å²) in [4.78, 5) is 29.6. The van der Waals surface area contributed by atoms with Gasteiger partial charge in [-0.15, -0.1) is 0 Å². The highest BCUT2D eigenvalue weighted by Gasteiger charge is 2.20. The molecular formula is C26H39N5O3. The third-order valence-electron chi connectivity index (χ3n) is 5.28. The highest BCUT2D eigenvalue weighted by Crippen LogP contribution is 2.28. The van der Waals surface area contributed by atoms with E-state index in [2.05, 4.69) is 15.6 Å². The fourth-order valence-electron chi connectivity index (χ4n) is 3.35. The van der Waals surface area contributed by atoms with E-state index in [0.717, 1.165) is 41.5 Å². The number of allylic oxidation sites excluding steroid dienone is 3. The van der Waals surface area contributed by atoms with E-state index in [1.807, 2.05) is 71.2 Å². The quantitative estimate of drug-likeness (QED) is 0.379. The Morgan fingerprint density at radius 3 is 2.50 bits per heavy atom. The molecule has 0 saturated heterocycles. The molecule has 0 heterocycles. The number of ether oxygens (including phenoxy) is 1. The van der Waals surface area contributed by atoms with Gasteiger partial charge in [-0.3, -0.25) is 9.79 Å². The normalized spacial score (nSPS) is 14.7. The van der Waals surface area contributed by atoms with E-state index < -0.39 is 0 Å². The van der Waals surface area contributed by atoms with Crippen LogP contribution in [0.2, 0.25) is 0 Å². The average molecular weight is 470 g/mol. The molecule has 4 N–H and O–H groups in total. The molecule has 0 bridgehead atoms. The van der Waals surface area contributed by atoms with Gasteiger partial charge in [0.15, 0.2) is 0 Å². The number of carbonyl (C=O) groups excluding carboxylic acids is 2. The molecule has 8 heteroatoms. The summed E-state index contributed by atoms with van der Waals surface area (Å²) < 4.78 is 5.44. The van der Waals surface area contributed by atoms with Crippen LogP contribution in [0.3, 0.4) is 0 Å². The van der Waals surface area contributed by atoms with Crippen molar-refractivity contribution < 1.29 is 14.3 Å². The standard InChI is InChI=1S/C24H32N4O3.C2H7N/c1-16-6-7-21(28(3)4)13-23(16)24(30)27-17(2)18-10-19(12-22(11-18)31-5)20(14-25)15-26-8-9-29;1-3-2/h9-15,17H,6-8,25H2,1-5H3,(H,27,30);3H,1-2H3/b20-14+,26-15?;. The van der Waals surface area contributed by atoms with Crippen molar-refractivity contribution in [1.29, 1.82) is 0 Å². The van der Waals surface area contributed by atoms with E-state index in [4.69, 9.17) is 10.5 Å². The maximum absolute atomic E-state index is 13.0. The first-order valence-corrected chi connectivity index (χ1v) is 11.2. The second kappa shape index (κ2) is 14.7. The summed E-state index contributed by atoms with van der Waals surface area (Å²) in [5, 5.41) is 5.85. The zero-order valence-corrected chi connectivity index (χ0v) is 21.4. The van der Waals surface area contributed by atoms with Gasteiger partial charge in [0.1, 0.15) is 12.0 Å². The Balaban J connectivity index is 0.00000182. The predicted octanol–water partition coefficient (Wildman–Crippen LogP) is 2.83. The lowest BCUT2D eigenvalue weighted by Gasteiger charge is -2.24. The van der Waals surface area contributed by atoms with Gasteiger partial charge in [-0.25, -0.2) is 0 Å². The molecule has 0 aliphatic heterocycles. The van der Waals surface area contributed by atoms with Crippen LogP contribution in [0.1, 0.15) is 43.9 Å². The Kier molecular flexibility index (Phi) is 12.4. The first-order valence-electron chi connectivity index (χ1n) is 11.2. The smallest absolute Gasteiger partial charge is 0.251 e. The summed E-state index contributed by atoms with van der Waals surface area (Å²) in [7, 11) is 9.31. The molecule has 0 radical (unpaired) electrons. The van der Waals surface area contributed by atoms with Crippen molar-refractivity contribution in [3.8, 4) is 5.75 Å². The monoisotopic (exact) mass is 469 g/mol. The van der Waals surface area contributed by atoms with Gasteiger partial charge in [0.25, 0.3) is 5.91 Å². The van der Waals surface area contributed by atoms with E-state index in [1.165, 1.54) is 6.20 Å². The lowest BCUT2D eigenvalue weighted by atomic mass is 9.95. The minimum absolute atomic E-state index is 0.0670. The van der Waals surface area contributed by atoms with Gasteiger partial charge >= 0.3 is 0 Å². The summed E-state index contributed by atoms with van der Waals surface area (Å²) in [6, 6.07) is 5.39. The number of hydrogen-bond donors (Lipinski definition) is 3. The van der Waals surface area contributed by atoms with Gasteiger partial charge in [0, 0.05) is 43.4 Å². The van der Waals surface area contributed by atoms with Crippen molar-refractivity contribution in [2.45, 2.75) is 32.7 Å². The number of aliphatic imine (C=N–C) groups is 1. The Labute approximate surface area is 203 Å².